The number of anilines is 1. The average Bonchev–Trinajstić information content (AvgIpc) is 2.88. The Morgan fingerprint density at radius 2 is 1.52 bits per heavy atom. The summed E-state index contributed by atoms with van der Waals surface area (Å²) in [6.45, 7) is 1.99. The van der Waals surface area contributed by atoms with E-state index >= 15 is 0 Å². The fourth-order valence-electron chi connectivity index (χ4n) is 4.15. The van der Waals surface area contributed by atoms with Gasteiger partial charge in [-0.25, -0.2) is 4.79 Å². The highest BCUT2D eigenvalue weighted by atomic mass is 16.5. The van der Waals surface area contributed by atoms with Crippen LogP contribution in [0.2, 0.25) is 0 Å². The van der Waals surface area contributed by atoms with Gasteiger partial charge in [0.25, 0.3) is 5.91 Å². The molecule has 0 radical (unpaired) electrons. The zero-order valence-corrected chi connectivity index (χ0v) is 18.8. The van der Waals surface area contributed by atoms with E-state index in [1.165, 1.54) is 12.7 Å². The van der Waals surface area contributed by atoms with Gasteiger partial charge < -0.3 is 20.3 Å². The van der Waals surface area contributed by atoms with E-state index in [-0.39, 0.29) is 11.9 Å². The predicted molar refractivity (Wildman–Crippen MR) is 130 cm³/mol. The monoisotopic (exact) mass is 443 g/mol. The second-order valence-electron chi connectivity index (χ2n) is 8.16. The molecular weight excluding hydrogens is 414 g/mol. The minimum Gasteiger partial charge on any atom is -0.453 e. The number of benzene rings is 3. The van der Waals surface area contributed by atoms with Gasteiger partial charge in [0.1, 0.15) is 0 Å². The number of para-hydroxylation sites is 1. The van der Waals surface area contributed by atoms with Crippen LogP contribution in [-0.2, 0) is 11.3 Å². The van der Waals surface area contributed by atoms with E-state index in [4.69, 9.17) is 4.74 Å². The smallest absolute Gasteiger partial charge is 0.407 e. The van der Waals surface area contributed by atoms with Gasteiger partial charge in [-0.2, -0.15) is 0 Å². The zero-order valence-electron chi connectivity index (χ0n) is 18.8. The summed E-state index contributed by atoms with van der Waals surface area (Å²) in [5.41, 5.74) is 4.97. The van der Waals surface area contributed by atoms with Crippen molar-refractivity contribution < 1.29 is 14.3 Å². The molecule has 0 aromatic heterocycles. The summed E-state index contributed by atoms with van der Waals surface area (Å²) < 4.78 is 4.69. The van der Waals surface area contributed by atoms with E-state index in [9.17, 15) is 9.59 Å². The molecule has 3 aromatic carbocycles. The Morgan fingerprint density at radius 3 is 2.21 bits per heavy atom. The lowest BCUT2D eigenvalue weighted by Crippen LogP contribution is -2.45. The van der Waals surface area contributed by atoms with Crippen molar-refractivity contribution in [2.75, 3.05) is 25.1 Å². The van der Waals surface area contributed by atoms with Crippen LogP contribution in [0.3, 0.4) is 0 Å². The molecule has 1 heterocycles. The van der Waals surface area contributed by atoms with Gasteiger partial charge in [-0.1, -0.05) is 66.7 Å². The number of alkyl carbamates (subject to hydrolysis) is 1. The highest BCUT2D eigenvalue weighted by Gasteiger charge is 2.23. The molecule has 33 heavy (non-hydrogen) atoms. The van der Waals surface area contributed by atoms with Crippen molar-refractivity contribution >= 4 is 17.7 Å². The van der Waals surface area contributed by atoms with E-state index in [0.29, 0.717) is 12.1 Å². The van der Waals surface area contributed by atoms with Gasteiger partial charge in [-0.05, 0) is 41.7 Å². The Balaban J connectivity index is 1.36. The Bertz CT molecular complexity index is 1080. The van der Waals surface area contributed by atoms with Gasteiger partial charge in [0, 0.05) is 31.4 Å². The van der Waals surface area contributed by atoms with Crippen LogP contribution in [0, 0.1) is 0 Å². The molecule has 1 aliphatic rings. The van der Waals surface area contributed by atoms with Crippen LogP contribution >= 0.6 is 0 Å². The van der Waals surface area contributed by atoms with Crippen molar-refractivity contribution in [3.63, 3.8) is 0 Å². The van der Waals surface area contributed by atoms with Gasteiger partial charge in [0.2, 0.25) is 0 Å². The molecule has 0 spiro atoms. The van der Waals surface area contributed by atoms with Crippen molar-refractivity contribution in [2.24, 2.45) is 0 Å². The summed E-state index contributed by atoms with van der Waals surface area (Å²) >= 11 is 0. The second kappa shape index (κ2) is 10.7. The Hall–Kier alpha value is -3.80. The van der Waals surface area contributed by atoms with E-state index in [1.54, 1.807) is 0 Å². The van der Waals surface area contributed by atoms with Crippen LogP contribution in [0.25, 0.3) is 11.1 Å². The molecule has 3 aromatic rings. The maximum absolute atomic E-state index is 13.0. The number of carbonyl (C=O) groups excluding carboxylic acids is 2. The standard InChI is InChI=1S/C27H29N3O3/c1-33-27(32)29-23-15-17-30(18-16-23)25-10-6-5-9-24(25)26(31)28-19-20-11-13-22(14-12-20)21-7-3-2-4-8-21/h2-14,23H,15-19H2,1H3,(H,28,31)(H,29,32). The molecule has 0 unspecified atom stereocenters. The third kappa shape index (κ3) is 5.71. The largest absolute Gasteiger partial charge is 0.453 e. The fourth-order valence-corrected chi connectivity index (χ4v) is 4.15. The molecule has 0 saturated carbocycles. The summed E-state index contributed by atoms with van der Waals surface area (Å²) in [4.78, 5) is 26.7. The van der Waals surface area contributed by atoms with E-state index in [1.807, 2.05) is 54.6 Å². The minimum absolute atomic E-state index is 0.0902. The van der Waals surface area contributed by atoms with E-state index < -0.39 is 6.09 Å². The lowest BCUT2D eigenvalue weighted by atomic mass is 10.0. The number of rotatable bonds is 6. The number of nitrogens with zero attached hydrogens (tertiary/aromatic N) is 1. The summed E-state index contributed by atoms with van der Waals surface area (Å²) in [6.07, 6.45) is 1.21. The van der Waals surface area contributed by atoms with E-state index in [2.05, 4.69) is 39.8 Å². The average molecular weight is 444 g/mol. The highest BCUT2D eigenvalue weighted by Crippen LogP contribution is 2.25. The molecule has 2 amide bonds. The van der Waals surface area contributed by atoms with Crippen molar-refractivity contribution in [1.29, 1.82) is 0 Å². The molecule has 0 aliphatic carbocycles. The Morgan fingerprint density at radius 1 is 0.879 bits per heavy atom. The normalized spacial score (nSPS) is 13.9. The molecule has 1 aliphatic heterocycles. The summed E-state index contributed by atoms with van der Waals surface area (Å²) in [6, 6.07) is 26.3. The molecule has 1 fully saturated rings. The van der Waals surface area contributed by atoms with Crippen LogP contribution in [0.4, 0.5) is 10.5 Å². The van der Waals surface area contributed by atoms with Crippen LogP contribution in [-0.4, -0.2) is 38.2 Å². The first-order valence-electron chi connectivity index (χ1n) is 11.2. The second-order valence-corrected chi connectivity index (χ2v) is 8.16. The van der Waals surface area contributed by atoms with Crippen molar-refractivity contribution in [1.82, 2.24) is 10.6 Å². The summed E-state index contributed by atoms with van der Waals surface area (Å²) in [5.74, 6) is -0.0902. The quantitative estimate of drug-likeness (QED) is 0.584. The first-order valence-corrected chi connectivity index (χ1v) is 11.2. The van der Waals surface area contributed by atoms with Gasteiger partial charge in [-0.15, -0.1) is 0 Å². The lowest BCUT2D eigenvalue weighted by molar-refractivity contribution is 0.0951. The van der Waals surface area contributed by atoms with E-state index in [0.717, 1.165) is 42.7 Å². The molecule has 2 N–H and O–H groups in total. The maximum Gasteiger partial charge on any atom is 0.407 e. The number of ether oxygens (including phenoxy) is 1. The number of methoxy groups -OCH3 is 1. The van der Waals surface area contributed by atoms with Gasteiger partial charge in [-0.3, -0.25) is 4.79 Å². The topological polar surface area (TPSA) is 70.7 Å². The molecule has 1 saturated heterocycles. The molecule has 4 rings (SSSR count). The first-order chi connectivity index (χ1) is 16.1. The van der Waals surface area contributed by atoms with Crippen LogP contribution in [0.5, 0.6) is 0 Å². The number of nitrogens with one attached hydrogen (secondary N) is 2. The number of hydrogen-bond acceptors (Lipinski definition) is 4. The SMILES string of the molecule is COC(=O)NC1CCN(c2ccccc2C(=O)NCc2ccc(-c3ccccc3)cc2)CC1. The molecule has 0 atom stereocenters. The van der Waals surface area contributed by atoms with Crippen molar-refractivity contribution in [2.45, 2.75) is 25.4 Å². The van der Waals surface area contributed by atoms with Crippen LogP contribution < -0.4 is 15.5 Å². The first kappa shape index (κ1) is 22.4. The minimum atomic E-state index is -0.398. The van der Waals surface area contributed by atoms with Gasteiger partial charge >= 0.3 is 6.09 Å². The number of hydrogen-bond donors (Lipinski definition) is 2. The van der Waals surface area contributed by atoms with Gasteiger partial charge in [0.05, 0.1) is 12.7 Å². The molecule has 6 nitrogen and oxygen atoms in total. The molecular formula is C27H29N3O3. The molecule has 0 bridgehead atoms. The Kier molecular flexibility index (Phi) is 7.25. The van der Waals surface area contributed by atoms with Gasteiger partial charge in [0.15, 0.2) is 0 Å². The third-order valence-electron chi connectivity index (χ3n) is 6.01. The Labute approximate surface area is 194 Å². The maximum atomic E-state index is 13.0. The van der Waals surface area contributed by atoms with Crippen molar-refractivity contribution in [3.8, 4) is 11.1 Å². The third-order valence-corrected chi connectivity index (χ3v) is 6.01. The van der Waals surface area contributed by atoms with Crippen LogP contribution in [0.15, 0.2) is 78.9 Å². The molecule has 6 heteroatoms. The lowest BCUT2D eigenvalue weighted by Gasteiger charge is -2.34. The van der Waals surface area contributed by atoms with Crippen molar-refractivity contribution in [3.05, 3.63) is 90.0 Å². The summed E-state index contributed by atoms with van der Waals surface area (Å²) in [7, 11) is 1.37. The summed E-state index contributed by atoms with van der Waals surface area (Å²) in [5, 5.41) is 5.92. The van der Waals surface area contributed by atoms with Crippen LogP contribution in [0.1, 0.15) is 28.8 Å². The zero-order chi connectivity index (χ0) is 23.0. The number of carbonyl (C=O) groups is 2. The molecule has 170 valence electrons. The predicted octanol–water partition coefficient (Wildman–Crippen LogP) is 4.61. The number of amides is 2. The fraction of sp³-hybridized carbons (Fsp3) is 0.259. The number of piperidine rings is 1. The highest BCUT2D eigenvalue weighted by molar-refractivity contribution is 5.99.